The summed E-state index contributed by atoms with van der Waals surface area (Å²) < 4.78 is 6.30. The van der Waals surface area contributed by atoms with Crippen molar-refractivity contribution in [2.45, 2.75) is 0 Å². The molecule has 0 spiro atoms. The molecule has 0 aliphatic carbocycles. The van der Waals surface area contributed by atoms with Crippen LogP contribution in [0, 0.1) is 10.1 Å². The molecular formula is C10H9N5O4. The Morgan fingerprint density at radius 1 is 1.58 bits per heavy atom. The highest BCUT2D eigenvalue weighted by molar-refractivity contribution is 5.92. The van der Waals surface area contributed by atoms with Crippen molar-refractivity contribution in [3.63, 3.8) is 0 Å². The van der Waals surface area contributed by atoms with Gasteiger partial charge in [-0.2, -0.15) is 10.2 Å². The van der Waals surface area contributed by atoms with E-state index in [4.69, 9.17) is 4.42 Å². The quantitative estimate of drug-likeness (QED) is 0.494. The average molecular weight is 263 g/mol. The van der Waals surface area contributed by atoms with Crippen LogP contribution in [0.3, 0.4) is 0 Å². The van der Waals surface area contributed by atoms with E-state index in [1.54, 1.807) is 13.2 Å². The fraction of sp³-hybridized carbons (Fsp3) is 0.100. The molecule has 0 saturated carbocycles. The summed E-state index contributed by atoms with van der Waals surface area (Å²) in [5.74, 6) is -0.719. The number of aryl methyl sites for hydroxylation is 1. The molecule has 0 aliphatic rings. The smallest absolute Gasteiger partial charge is 0.400 e. The number of carbonyl (C=O) groups is 1. The number of hydrogen-bond donors (Lipinski definition) is 1. The molecule has 9 nitrogen and oxygen atoms in total. The summed E-state index contributed by atoms with van der Waals surface area (Å²) >= 11 is 0. The Kier molecular flexibility index (Phi) is 3.37. The minimum Gasteiger partial charge on any atom is -0.400 e. The van der Waals surface area contributed by atoms with Gasteiger partial charge in [-0.3, -0.25) is 19.6 Å². The zero-order valence-corrected chi connectivity index (χ0v) is 9.81. The van der Waals surface area contributed by atoms with Gasteiger partial charge in [-0.25, -0.2) is 5.43 Å². The summed E-state index contributed by atoms with van der Waals surface area (Å²) in [5, 5.41) is 17.9. The Morgan fingerprint density at radius 2 is 2.37 bits per heavy atom. The third-order valence-corrected chi connectivity index (χ3v) is 2.10. The number of carbonyl (C=O) groups excluding carboxylic acids is 1. The Hall–Kier alpha value is -2.97. The molecular weight excluding hydrogens is 254 g/mol. The van der Waals surface area contributed by atoms with Crippen molar-refractivity contribution in [3.8, 4) is 0 Å². The highest BCUT2D eigenvalue weighted by Crippen LogP contribution is 2.13. The lowest BCUT2D eigenvalue weighted by Gasteiger charge is -1.93. The molecule has 0 bridgehead atoms. The third kappa shape index (κ3) is 3.03. The van der Waals surface area contributed by atoms with E-state index < -0.39 is 16.7 Å². The van der Waals surface area contributed by atoms with E-state index in [1.165, 1.54) is 22.9 Å². The van der Waals surface area contributed by atoms with Crippen molar-refractivity contribution in [3.05, 3.63) is 46.0 Å². The summed E-state index contributed by atoms with van der Waals surface area (Å²) in [6, 6.07) is 4.10. The van der Waals surface area contributed by atoms with Gasteiger partial charge in [-0.1, -0.05) is 0 Å². The van der Waals surface area contributed by atoms with E-state index in [2.05, 4.69) is 15.6 Å². The third-order valence-electron chi connectivity index (χ3n) is 2.10. The van der Waals surface area contributed by atoms with E-state index in [0.29, 0.717) is 0 Å². The summed E-state index contributed by atoms with van der Waals surface area (Å²) in [6.45, 7) is 0. The van der Waals surface area contributed by atoms with Crippen molar-refractivity contribution < 1.29 is 14.1 Å². The SMILES string of the molecule is Cn1ccc(C(=O)N/N=C/c2ccc([N+](=O)[O-])o2)n1. The van der Waals surface area contributed by atoms with Gasteiger partial charge in [-0.15, -0.1) is 0 Å². The second-order valence-corrected chi connectivity index (χ2v) is 3.51. The van der Waals surface area contributed by atoms with Gasteiger partial charge >= 0.3 is 5.88 Å². The van der Waals surface area contributed by atoms with E-state index >= 15 is 0 Å². The minimum absolute atomic E-state index is 0.160. The number of amides is 1. The normalized spacial score (nSPS) is 10.8. The fourth-order valence-corrected chi connectivity index (χ4v) is 1.26. The first kappa shape index (κ1) is 12.5. The molecule has 2 rings (SSSR count). The Labute approximate surface area is 106 Å². The zero-order chi connectivity index (χ0) is 13.8. The lowest BCUT2D eigenvalue weighted by Crippen LogP contribution is -2.18. The Bertz CT molecular complexity index is 642. The standard InChI is InChI=1S/C10H9N5O4/c1-14-5-4-8(13-14)10(16)12-11-6-7-2-3-9(19-7)15(17)18/h2-6H,1H3,(H,12,16)/b11-6+. The van der Waals surface area contributed by atoms with Crippen molar-refractivity contribution in [1.29, 1.82) is 0 Å². The predicted octanol–water partition coefficient (Wildman–Crippen LogP) is 0.685. The van der Waals surface area contributed by atoms with Crippen molar-refractivity contribution in [2.24, 2.45) is 12.1 Å². The number of aromatic nitrogens is 2. The van der Waals surface area contributed by atoms with Gasteiger partial charge in [0.2, 0.25) is 0 Å². The molecule has 0 aliphatic heterocycles. The molecule has 2 heterocycles. The second kappa shape index (κ2) is 5.12. The Balaban J connectivity index is 1.96. The average Bonchev–Trinajstić information content (AvgIpc) is 2.98. The molecule has 98 valence electrons. The van der Waals surface area contributed by atoms with Gasteiger partial charge in [0.25, 0.3) is 5.91 Å². The van der Waals surface area contributed by atoms with E-state index in [0.717, 1.165) is 6.21 Å². The monoisotopic (exact) mass is 263 g/mol. The van der Waals surface area contributed by atoms with Gasteiger partial charge in [0.1, 0.15) is 4.92 Å². The van der Waals surface area contributed by atoms with Gasteiger partial charge in [-0.05, 0) is 12.1 Å². The number of rotatable bonds is 4. The van der Waals surface area contributed by atoms with E-state index in [1.807, 2.05) is 0 Å². The molecule has 0 fully saturated rings. The van der Waals surface area contributed by atoms with Crippen LogP contribution < -0.4 is 5.43 Å². The fourth-order valence-electron chi connectivity index (χ4n) is 1.26. The van der Waals surface area contributed by atoms with Crippen LogP contribution in [0.25, 0.3) is 0 Å². The maximum Gasteiger partial charge on any atom is 0.433 e. The summed E-state index contributed by atoms with van der Waals surface area (Å²) in [5.41, 5.74) is 2.44. The topological polar surface area (TPSA) is 116 Å². The zero-order valence-electron chi connectivity index (χ0n) is 9.81. The summed E-state index contributed by atoms with van der Waals surface area (Å²) in [6.07, 6.45) is 2.78. The lowest BCUT2D eigenvalue weighted by molar-refractivity contribution is -0.402. The van der Waals surface area contributed by atoms with Gasteiger partial charge in [0.05, 0.1) is 12.3 Å². The summed E-state index contributed by atoms with van der Waals surface area (Å²) in [4.78, 5) is 21.2. The molecule has 0 saturated heterocycles. The van der Waals surface area contributed by atoms with Gasteiger partial charge in [0.15, 0.2) is 11.5 Å². The number of nitrogens with one attached hydrogen (secondary N) is 1. The molecule has 2 aromatic heterocycles. The number of hydrogen-bond acceptors (Lipinski definition) is 6. The number of furan rings is 1. The molecule has 0 radical (unpaired) electrons. The molecule has 1 N–H and O–H groups in total. The second-order valence-electron chi connectivity index (χ2n) is 3.51. The number of nitro groups is 1. The minimum atomic E-state index is -0.663. The van der Waals surface area contributed by atoms with Crippen LogP contribution in [0.5, 0.6) is 0 Å². The highest BCUT2D eigenvalue weighted by Gasteiger charge is 2.10. The molecule has 0 atom stereocenters. The maximum atomic E-state index is 11.5. The molecule has 19 heavy (non-hydrogen) atoms. The molecule has 2 aromatic rings. The van der Waals surface area contributed by atoms with Crippen LogP contribution >= 0.6 is 0 Å². The number of nitrogens with zero attached hydrogens (tertiary/aromatic N) is 4. The molecule has 0 unspecified atom stereocenters. The first-order chi connectivity index (χ1) is 9.06. The van der Waals surface area contributed by atoms with Crippen LogP contribution in [0.2, 0.25) is 0 Å². The molecule has 9 heteroatoms. The van der Waals surface area contributed by atoms with Crippen LogP contribution in [0.1, 0.15) is 16.2 Å². The van der Waals surface area contributed by atoms with Gasteiger partial charge < -0.3 is 4.42 Å². The van der Waals surface area contributed by atoms with Crippen LogP contribution in [-0.2, 0) is 7.05 Å². The van der Waals surface area contributed by atoms with Crippen molar-refractivity contribution in [2.75, 3.05) is 0 Å². The lowest BCUT2D eigenvalue weighted by atomic mass is 10.4. The molecule has 1 amide bonds. The van der Waals surface area contributed by atoms with Crippen LogP contribution in [0.4, 0.5) is 5.88 Å². The number of hydrazone groups is 1. The van der Waals surface area contributed by atoms with Crippen molar-refractivity contribution in [1.82, 2.24) is 15.2 Å². The van der Waals surface area contributed by atoms with Crippen LogP contribution in [0.15, 0.2) is 33.9 Å². The van der Waals surface area contributed by atoms with E-state index in [9.17, 15) is 14.9 Å². The predicted molar refractivity (Wildman–Crippen MR) is 63.6 cm³/mol. The van der Waals surface area contributed by atoms with Gasteiger partial charge in [0, 0.05) is 13.2 Å². The Morgan fingerprint density at radius 3 is 2.95 bits per heavy atom. The highest BCUT2D eigenvalue weighted by atomic mass is 16.6. The van der Waals surface area contributed by atoms with E-state index in [-0.39, 0.29) is 11.5 Å². The largest absolute Gasteiger partial charge is 0.433 e. The molecule has 0 aromatic carbocycles. The summed E-state index contributed by atoms with van der Waals surface area (Å²) in [7, 11) is 1.68. The first-order valence-electron chi connectivity index (χ1n) is 5.13. The van der Waals surface area contributed by atoms with Crippen LogP contribution in [-0.4, -0.2) is 26.8 Å². The maximum absolute atomic E-state index is 11.5. The first-order valence-corrected chi connectivity index (χ1v) is 5.13. The van der Waals surface area contributed by atoms with Crippen molar-refractivity contribution >= 4 is 18.0 Å².